The molecule has 8 heteroatoms. The van der Waals surface area contributed by atoms with Crippen molar-refractivity contribution in [3.8, 4) is 0 Å². The molecule has 0 radical (unpaired) electrons. The lowest BCUT2D eigenvalue weighted by molar-refractivity contribution is -0.127. The Morgan fingerprint density at radius 1 is 1.16 bits per heavy atom. The van der Waals surface area contributed by atoms with E-state index in [1.54, 1.807) is 16.2 Å². The average molecular weight is 455 g/mol. The Hall–Kier alpha value is -2.58. The molecule has 2 amide bonds. The van der Waals surface area contributed by atoms with Crippen LogP contribution in [-0.4, -0.2) is 32.7 Å². The third-order valence-corrected chi connectivity index (χ3v) is 7.54. The molecule has 4 rings (SSSR count). The molecule has 1 saturated carbocycles. The summed E-state index contributed by atoms with van der Waals surface area (Å²) in [6, 6.07) is 5.40. The lowest BCUT2D eigenvalue weighted by Crippen LogP contribution is -2.46. The minimum absolute atomic E-state index is 0.119. The summed E-state index contributed by atoms with van der Waals surface area (Å²) in [5.41, 5.74) is 1.25. The lowest BCUT2D eigenvalue weighted by Gasteiger charge is -2.32. The van der Waals surface area contributed by atoms with E-state index < -0.39 is 6.04 Å². The van der Waals surface area contributed by atoms with Crippen molar-refractivity contribution in [1.29, 1.82) is 0 Å². The molecule has 0 saturated heterocycles. The van der Waals surface area contributed by atoms with Crippen LogP contribution in [0.1, 0.15) is 64.0 Å². The van der Waals surface area contributed by atoms with Gasteiger partial charge in [0.2, 0.25) is 5.91 Å². The molecule has 0 unspecified atom stereocenters. The van der Waals surface area contributed by atoms with Crippen molar-refractivity contribution >= 4 is 34.5 Å². The van der Waals surface area contributed by atoms with Gasteiger partial charge in [0.05, 0.1) is 12.7 Å². The number of rotatable bonds is 7. The van der Waals surface area contributed by atoms with Gasteiger partial charge in [-0.2, -0.15) is 0 Å². The Balaban J connectivity index is 1.70. The summed E-state index contributed by atoms with van der Waals surface area (Å²) < 4.78 is 0. The van der Waals surface area contributed by atoms with Gasteiger partial charge in [-0.3, -0.25) is 14.6 Å². The van der Waals surface area contributed by atoms with Crippen LogP contribution in [0.3, 0.4) is 0 Å². The number of carbonyl (C=O) groups excluding carboxylic acids is 2. The molecule has 31 heavy (non-hydrogen) atoms. The topological polar surface area (TPSA) is 75.2 Å². The summed E-state index contributed by atoms with van der Waals surface area (Å²) in [5, 5.41) is 7.20. The number of carbonyl (C=O) groups is 2. The first-order valence-electron chi connectivity index (χ1n) is 10.6. The number of hydrogen-bond donors (Lipinski definition) is 1. The van der Waals surface area contributed by atoms with Crippen LogP contribution in [0.25, 0.3) is 0 Å². The third-order valence-electron chi connectivity index (χ3n) is 5.61. The maximum absolute atomic E-state index is 13.6. The quantitative estimate of drug-likeness (QED) is 0.559. The van der Waals surface area contributed by atoms with Gasteiger partial charge in [0.15, 0.2) is 0 Å². The summed E-state index contributed by atoms with van der Waals surface area (Å²) in [5.74, 6) is -0.413. The highest BCUT2D eigenvalue weighted by Crippen LogP contribution is 2.32. The summed E-state index contributed by atoms with van der Waals surface area (Å²) in [6.07, 6.45) is 9.96. The van der Waals surface area contributed by atoms with E-state index in [2.05, 4.69) is 15.3 Å². The van der Waals surface area contributed by atoms with Crippen LogP contribution in [0.15, 0.2) is 47.5 Å². The second kappa shape index (κ2) is 10.2. The van der Waals surface area contributed by atoms with E-state index in [0.29, 0.717) is 6.54 Å². The molecule has 1 aliphatic carbocycles. The van der Waals surface area contributed by atoms with E-state index in [4.69, 9.17) is 0 Å². The van der Waals surface area contributed by atoms with Crippen molar-refractivity contribution in [2.75, 3.05) is 0 Å². The van der Waals surface area contributed by atoms with E-state index in [-0.39, 0.29) is 23.6 Å². The molecule has 0 aliphatic heterocycles. The number of amides is 2. The Morgan fingerprint density at radius 2 is 2.00 bits per heavy atom. The van der Waals surface area contributed by atoms with Gasteiger partial charge in [-0.1, -0.05) is 25.3 Å². The average Bonchev–Trinajstić information content (AvgIpc) is 3.46. The number of aryl methyl sites for hydroxylation is 1. The number of aromatic nitrogens is 2. The molecule has 3 aromatic rings. The Labute approximate surface area is 190 Å². The predicted molar refractivity (Wildman–Crippen MR) is 123 cm³/mol. The van der Waals surface area contributed by atoms with Crippen molar-refractivity contribution in [2.45, 2.75) is 57.7 Å². The standard InChI is InChI=1S/C23H26N4O2S2/c1-16-9-13-31-21(16)20(22(28)26-17-6-3-2-4-7-17)27(15-18-8-5-12-30-18)23(29)19-14-24-10-11-25-19/h5,8-14,17,20H,2-4,6-7,15H2,1H3,(H,26,28)/t20-/m0/s1. The fourth-order valence-electron chi connectivity index (χ4n) is 4.00. The Kier molecular flexibility index (Phi) is 7.09. The van der Waals surface area contributed by atoms with Gasteiger partial charge < -0.3 is 10.2 Å². The SMILES string of the molecule is Cc1ccsc1[C@@H](C(=O)NC1CCCCC1)N(Cc1cccs1)C(=O)c1cnccn1. The van der Waals surface area contributed by atoms with Crippen LogP contribution in [0.4, 0.5) is 0 Å². The Bertz CT molecular complexity index is 998. The molecule has 6 nitrogen and oxygen atoms in total. The lowest BCUT2D eigenvalue weighted by atomic mass is 9.95. The molecule has 1 fully saturated rings. The van der Waals surface area contributed by atoms with Crippen LogP contribution in [0.2, 0.25) is 0 Å². The van der Waals surface area contributed by atoms with Crippen LogP contribution in [0.5, 0.6) is 0 Å². The molecule has 3 heterocycles. The zero-order valence-corrected chi connectivity index (χ0v) is 19.1. The third kappa shape index (κ3) is 5.19. The van der Waals surface area contributed by atoms with E-state index in [9.17, 15) is 9.59 Å². The first-order valence-corrected chi connectivity index (χ1v) is 12.3. The summed E-state index contributed by atoms with van der Waals surface area (Å²) in [4.78, 5) is 39.0. The van der Waals surface area contributed by atoms with Crippen molar-refractivity contribution < 1.29 is 9.59 Å². The van der Waals surface area contributed by atoms with Crippen LogP contribution in [-0.2, 0) is 11.3 Å². The normalized spacial score (nSPS) is 15.4. The molecule has 162 valence electrons. The second-order valence-electron chi connectivity index (χ2n) is 7.82. The summed E-state index contributed by atoms with van der Waals surface area (Å²) in [7, 11) is 0. The highest BCUT2D eigenvalue weighted by Gasteiger charge is 2.35. The monoisotopic (exact) mass is 454 g/mol. The van der Waals surface area contributed by atoms with Crippen molar-refractivity contribution in [3.63, 3.8) is 0 Å². The molecule has 1 aliphatic rings. The van der Waals surface area contributed by atoms with Crippen molar-refractivity contribution in [1.82, 2.24) is 20.2 Å². The van der Waals surface area contributed by atoms with Gasteiger partial charge >= 0.3 is 0 Å². The van der Waals surface area contributed by atoms with Gasteiger partial charge in [-0.15, -0.1) is 22.7 Å². The highest BCUT2D eigenvalue weighted by molar-refractivity contribution is 7.10. The minimum Gasteiger partial charge on any atom is -0.351 e. The van der Waals surface area contributed by atoms with Gasteiger partial charge in [-0.25, -0.2) is 4.98 Å². The molecule has 0 bridgehead atoms. The Morgan fingerprint density at radius 3 is 2.65 bits per heavy atom. The summed E-state index contributed by atoms with van der Waals surface area (Å²) in [6.45, 7) is 2.33. The fraction of sp³-hybridized carbons (Fsp3) is 0.391. The number of nitrogens with zero attached hydrogens (tertiary/aromatic N) is 3. The van der Waals surface area contributed by atoms with Crippen LogP contribution in [0, 0.1) is 6.92 Å². The molecular formula is C23H26N4O2S2. The number of hydrogen-bond acceptors (Lipinski definition) is 6. The van der Waals surface area contributed by atoms with Gasteiger partial charge in [-0.05, 0) is 48.2 Å². The molecule has 3 aromatic heterocycles. The van der Waals surface area contributed by atoms with Crippen LogP contribution >= 0.6 is 22.7 Å². The second-order valence-corrected chi connectivity index (χ2v) is 9.80. The van der Waals surface area contributed by atoms with Crippen molar-refractivity contribution in [3.05, 3.63) is 68.6 Å². The maximum atomic E-state index is 13.6. The molecule has 1 N–H and O–H groups in total. The first-order chi connectivity index (χ1) is 15.1. The van der Waals surface area contributed by atoms with Crippen LogP contribution < -0.4 is 5.32 Å². The smallest absolute Gasteiger partial charge is 0.275 e. The van der Waals surface area contributed by atoms with E-state index >= 15 is 0 Å². The maximum Gasteiger partial charge on any atom is 0.275 e. The molecular weight excluding hydrogens is 428 g/mol. The predicted octanol–water partition coefficient (Wildman–Crippen LogP) is 4.74. The van der Waals surface area contributed by atoms with E-state index in [0.717, 1.165) is 41.0 Å². The highest BCUT2D eigenvalue weighted by atomic mass is 32.1. The largest absolute Gasteiger partial charge is 0.351 e. The molecule has 1 atom stereocenters. The van der Waals surface area contributed by atoms with Gasteiger partial charge in [0, 0.05) is 28.2 Å². The minimum atomic E-state index is -0.710. The fourth-order valence-corrected chi connectivity index (χ4v) is 5.74. The van der Waals surface area contributed by atoms with E-state index in [1.165, 1.54) is 36.3 Å². The zero-order chi connectivity index (χ0) is 21.6. The molecule has 0 spiro atoms. The zero-order valence-electron chi connectivity index (χ0n) is 17.5. The molecule has 0 aromatic carbocycles. The number of nitrogens with one attached hydrogen (secondary N) is 1. The van der Waals surface area contributed by atoms with Gasteiger partial charge in [0.1, 0.15) is 11.7 Å². The first kappa shape index (κ1) is 21.6. The summed E-state index contributed by atoms with van der Waals surface area (Å²) >= 11 is 3.09. The van der Waals surface area contributed by atoms with E-state index in [1.807, 2.05) is 35.9 Å². The number of thiophene rings is 2. The van der Waals surface area contributed by atoms with Crippen molar-refractivity contribution in [2.24, 2.45) is 0 Å². The van der Waals surface area contributed by atoms with Gasteiger partial charge in [0.25, 0.3) is 5.91 Å².